The molecule has 1 fully saturated rings. The number of ether oxygens (including phenoxy) is 2. The number of ketones is 1. The third-order valence-corrected chi connectivity index (χ3v) is 2.55. The van der Waals surface area contributed by atoms with E-state index in [0.717, 1.165) is 0 Å². The summed E-state index contributed by atoms with van der Waals surface area (Å²) in [5.41, 5.74) is 0. The Balaban J connectivity index is 2.87. The van der Waals surface area contributed by atoms with Crippen molar-refractivity contribution in [3.8, 4) is 0 Å². The Hall–Kier alpha value is -1.39. The molecule has 0 bridgehead atoms. The molecule has 0 N–H and O–H groups in total. The van der Waals surface area contributed by atoms with Crippen LogP contribution in [0.4, 0.5) is 0 Å². The van der Waals surface area contributed by atoms with Crippen molar-refractivity contribution < 1.29 is 23.9 Å². The van der Waals surface area contributed by atoms with E-state index in [0.29, 0.717) is 6.42 Å². The molecule has 1 aliphatic rings. The van der Waals surface area contributed by atoms with Gasteiger partial charge < -0.3 is 9.47 Å². The van der Waals surface area contributed by atoms with Crippen LogP contribution >= 0.6 is 0 Å². The average Bonchev–Trinajstić information content (AvgIpc) is 2.13. The molecule has 5 heteroatoms. The molecule has 0 aromatic carbocycles. The molecule has 0 saturated carbocycles. The SMILES string of the molecule is CCC(C)C(=O)C1C(=O)OC(C)(C)OC1=O. The first kappa shape index (κ1) is 12.7. The summed E-state index contributed by atoms with van der Waals surface area (Å²) in [7, 11) is 0. The second kappa shape index (κ2) is 4.23. The minimum Gasteiger partial charge on any atom is -0.422 e. The third-order valence-electron chi connectivity index (χ3n) is 2.55. The van der Waals surface area contributed by atoms with Crippen molar-refractivity contribution in [3.05, 3.63) is 0 Å². The molecule has 1 unspecified atom stereocenters. The number of carbonyl (C=O) groups is 3. The van der Waals surface area contributed by atoms with Gasteiger partial charge >= 0.3 is 11.9 Å². The van der Waals surface area contributed by atoms with E-state index < -0.39 is 29.4 Å². The van der Waals surface area contributed by atoms with E-state index in [2.05, 4.69) is 0 Å². The molecule has 1 heterocycles. The number of esters is 2. The zero-order chi connectivity index (χ0) is 12.5. The van der Waals surface area contributed by atoms with Gasteiger partial charge in [0, 0.05) is 19.8 Å². The number of carbonyl (C=O) groups excluding carboxylic acids is 3. The van der Waals surface area contributed by atoms with Crippen LogP contribution in [0.15, 0.2) is 0 Å². The molecule has 0 aliphatic carbocycles. The summed E-state index contributed by atoms with van der Waals surface area (Å²) in [6.45, 7) is 6.38. The lowest BCUT2D eigenvalue weighted by Crippen LogP contribution is -2.50. The van der Waals surface area contributed by atoms with Crippen LogP contribution in [0.3, 0.4) is 0 Å². The van der Waals surface area contributed by atoms with E-state index in [4.69, 9.17) is 9.47 Å². The van der Waals surface area contributed by atoms with Gasteiger partial charge in [-0.3, -0.25) is 14.4 Å². The van der Waals surface area contributed by atoms with E-state index >= 15 is 0 Å². The largest absolute Gasteiger partial charge is 0.422 e. The van der Waals surface area contributed by atoms with Gasteiger partial charge in [-0.05, 0) is 6.42 Å². The highest BCUT2D eigenvalue weighted by atomic mass is 16.7. The average molecular weight is 228 g/mol. The van der Waals surface area contributed by atoms with Gasteiger partial charge in [-0.2, -0.15) is 0 Å². The standard InChI is InChI=1S/C11H16O5/c1-5-6(2)8(12)7-9(13)15-11(3,4)16-10(7)14/h6-7H,5H2,1-4H3. The second-order valence-electron chi connectivity index (χ2n) is 4.39. The molecule has 0 aromatic rings. The maximum Gasteiger partial charge on any atom is 0.331 e. The maximum absolute atomic E-state index is 11.8. The monoisotopic (exact) mass is 228 g/mol. The van der Waals surface area contributed by atoms with Crippen LogP contribution in [0.1, 0.15) is 34.1 Å². The van der Waals surface area contributed by atoms with Crippen LogP contribution in [0, 0.1) is 11.8 Å². The molecule has 1 saturated heterocycles. The summed E-state index contributed by atoms with van der Waals surface area (Å²) >= 11 is 0. The Labute approximate surface area is 94.1 Å². The molecule has 90 valence electrons. The van der Waals surface area contributed by atoms with Crippen molar-refractivity contribution in [2.24, 2.45) is 11.8 Å². The molecule has 1 atom stereocenters. The Morgan fingerprint density at radius 3 is 2.12 bits per heavy atom. The minimum atomic E-state index is -1.41. The lowest BCUT2D eigenvalue weighted by atomic mass is 9.91. The molecule has 1 aliphatic heterocycles. The minimum absolute atomic E-state index is 0.355. The van der Waals surface area contributed by atoms with Gasteiger partial charge in [0.05, 0.1) is 0 Å². The van der Waals surface area contributed by atoms with Gasteiger partial charge in [0.25, 0.3) is 5.79 Å². The molecular formula is C11H16O5. The number of Topliss-reactive ketones (excluding diaryl/α,β-unsaturated/α-hetero) is 1. The first-order valence-electron chi connectivity index (χ1n) is 5.28. The van der Waals surface area contributed by atoms with Gasteiger partial charge in [0.15, 0.2) is 5.78 Å². The Morgan fingerprint density at radius 2 is 1.75 bits per heavy atom. The quantitative estimate of drug-likeness (QED) is 0.533. The Morgan fingerprint density at radius 1 is 1.31 bits per heavy atom. The van der Waals surface area contributed by atoms with Crippen LogP contribution in [0.5, 0.6) is 0 Å². The predicted molar refractivity (Wildman–Crippen MR) is 54.2 cm³/mol. The Kier molecular flexibility index (Phi) is 3.35. The molecule has 0 aromatic heterocycles. The highest BCUT2D eigenvalue weighted by Crippen LogP contribution is 2.25. The van der Waals surface area contributed by atoms with Crippen LogP contribution < -0.4 is 0 Å². The number of hydrogen-bond donors (Lipinski definition) is 0. The van der Waals surface area contributed by atoms with E-state index in [1.807, 2.05) is 6.92 Å². The van der Waals surface area contributed by atoms with E-state index in [9.17, 15) is 14.4 Å². The normalized spacial score (nSPS) is 22.2. The van der Waals surface area contributed by atoms with Crippen LogP contribution in [-0.2, 0) is 23.9 Å². The van der Waals surface area contributed by atoms with Crippen molar-refractivity contribution in [1.29, 1.82) is 0 Å². The molecule has 16 heavy (non-hydrogen) atoms. The van der Waals surface area contributed by atoms with Gasteiger partial charge in [-0.15, -0.1) is 0 Å². The highest BCUT2D eigenvalue weighted by Gasteiger charge is 2.47. The maximum atomic E-state index is 11.8. The molecule has 0 spiro atoms. The summed E-state index contributed by atoms with van der Waals surface area (Å²) in [6, 6.07) is 0. The van der Waals surface area contributed by atoms with Crippen LogP contribution in [0.2, 0.25) is 0 Å². The summed E-state index contributed by atoms with van der Waals surface area (Å²) < 4.78 is 9.74. The molecular weight excluding hydrogens is 212 g/mol. The zero-order valence-electron chi connectivity index (χ0n) is 9.90. The molecule has 5 nitrogen and oxygen atoms in total. The first-order valence-corrected chi connectivity index (χ1v) is 5.28. The van der Waals surface area contributed by atoms with Gasteiger partial charge in [0.1, 0.15) is 0 Å². The van der Waals surface area contributed by atoms with Gasteiger partial charge in [0.2, 0.25) is 5.92 Å². The number of rotatable bonds is 3. The van der Waals surface area contributed by atoms with Gasteiger partial charge in [-0.1, -0.05) is 13.8 Å². The summed E-state index contributed by atoms with van der Waals surface area (Å²) in [6.07, 6.45) is 0.569. The fourth-order valence-electron chi connectivity index (χ4n) is 1.44. The molecule has 0 amide bonds. The summed E-state index contributed by atoms with van der Waals surface area (Å²) in [5.74, 6) is -5.11. The first-order chi connectivity index (χ1) is 7.28. The zero-order valence-corrected chi connectivity index (χ0v) is 9.90. The fourth-order valence-corrected chi connectivity index (χ4v) is 1.44. The van der Waals surface area contributed by atoms with Crippen molar-refractivity contribution in [1.82, 2.24) is 0 Å². The number of hydrogen-bond acceptors (Lipinski definition) is 5. The van der Waals surface area contributed by atoms with E-state index in [1.54, 1.807) is 6.92 Å². The topological polar surface area (TPSA) is 69.7 Å². The molecule has 0 radical (unpaired) electrons. The summed E-state index contributed by atoms with van der Waals surface area (Å²) in [4.78, 5) is 34.8. The van der Waals surface area contributed by atoms with Crippen molar-refractivity contribution in [2.45, 2.75) is 39.9 Å². The lowest BCUT2D eigenvalue weighted by molar-refractivity contribution is -0.238. The second-order valence-corrected chi connectivity index (χ2v) is 4.39. The van der Waals surface area contributed by atoms with E-state index in [-0.39, 0.29) is 5.92 Å². The van der Waals surface area contributed by atoms with Crippen molar-refractivity contribution >= 4 is 17.7 Å². The van der Waals surface area contributed by atoms with Crippen LogP contribution in [-0.4, -0.2) is 23.5 Å². The number of cyclic esters (lactones) is 2. The van der Waals surface area contributed by atoms with Gasteiger partial charge in [-0.25, -0.2) is 0 Å². The summed E-state index contributed by atoms with van der Waals surface area (Å²) in [5, 5.41) is 0. The van der Waals surface area contributed by atoms with Crippen LogP contribution in [0.25, 0.3) is 0 Å². The Bertz CT molecular complexity index is 311. The van der Waals surface area contributed by atoms with Crippen molar-refractivity contribution in [2.75, 3.05) is 0 Å². The molecule has 1 rings (SSSR count). The predicted octanol–water partition coefficient (Wildman–Crippen LogP) is 1.05. The van der Waals surface area contributed by atoms with Crippen molar-refractivity contribution in [3.63, 3.8) is 0 Å². The highest BCUT2D eigenvalue weighted by molar-refractivity contribution is 6.16. The fraction of sp³-hybridized carbons (Fsp3) is 0.727. The third kappa shape index (κ3) is 2.40. The lowest BCUT2D eigenvalue weighted by Gasteiger charge is -2.32. The van der Waals surface area contributed by atoms with E-state index in [1.165, 1.54) is 13.8 Å². The smallest absolute Gasteiger partial charge is 0.331 e.